The molecular weight excluding hydrogens is 445 g/mol. The van der Waals surface area contributed by atoms with Crippen molar-refractivity contribution in [1.29, 1.82) is 0 Å². The van der Waals surface area contributed by atoms with Crippen molar-refractivity contribution in [3.8, 4) is 0 Å². The Kier molecular flexibility index (Phi) is 4.02. The third kappa shape index (κ3) is 2.12. The predicted molar refractivity (Wildman–Crippen MR) is 122 cm³/mol. The van der Waals surface area contributed by atoms with E-state index in [0.29, 0.717) is 0 Å². The van der Waals surface area contributed by atoms with Gasteiger partial charge in [-0.3, -0.25) is 14.4 Å². The third-order valence-corrected chi connectivity index (χ3v) is 8.15. The van der Waals surface area contributed by atoms with E-state index >= 15 is 0 Å². The van der Waals surface area contributed by atoms with Gasteiger partial charge < -0.3 is 0 Å². The summed E-state index contributed by atoms with van der Waals surface area (Å²) in [4.78, 5) is 42.5. The van der Waals surface area contributed by atoms with E-state index in [-0.39, 0.29) is 33.3 Å². The normalized spacial score (nSPS) is 27.2. The first-order valence-corrected chi connectivity index (χ1v) is 11.2. The Hall–Kier alpha value is -2.95. The van der Waals surface area contributed by atoms with Crippen LogP contribution in [0.4, 0.5) is 5.69 Å². The van der Waals surface area contributed by atoms with Crippen LogP contribution >= 0.6 is 23.2 Å². The molecule has 158 valence electrons. The molecule has 0 saturated carbocycles. The van der Waals surface area contributed by atoms with Gasteiger partial charge in [-0.1, -0.05) is 77.8 Å². The molecule has 2 atom stereocenters. The number of hydrogen-bond donors (Lipinski definition) is 0. The van der Waals surface area contributed by atoms with E-state index in [2.05, 4.69) is 0 Å². The molecule has 0 N–H and O–H groups in total. The highest BCUT2D eigenvalue weighted by Crippen LogP contribution is 2.64. The second-order valence-corrected chi connectivity index (χ2v) is 9.39. The molecule has 1 aliphatic heterocycles. The Morgan fingerprint density at radius 2 is 1.44 bits per heavy atom. The van der Waals surface area contributed by atoms with Crippen molar-refractivity contribution < 1.29 is 14.4 Å². The minimum atomic E-state index is -1.22. The smallest absolute Gasteiger partial charge is 0.239 e. The maximum absolute atomic E-state index is 14.0. The van der Waals surface area contributed by atoms with Gasteiger partial charge in [0.1, 0.15) is 5.78 Å². The van der Waals surface area contributed by atoms with E-state index in [4.69, 9.17) is 23.2 Å². The number of halogens is 2. The Morgan fingerprint density at radius 1 is 0.844 bits per heavy atom. The number of carbonyl (C=O) groups excluding carboxylic acids is 3. The summed E-state index contributed by atoms with van der Waals surface area (Å²) in [5.74, 6) is -2.74. The zero-order valence-electron chi connectivity index (χ0n) is 17.0. The SMILES string of the molecule is CC(=O)C12c3ccccc3C(c3ccccc31)[C@H]1C(=O)N(c3cccc(Cl)c3Cl)C(=O)[C@H]12. The van der Waals surface area contributed by atoms with Gasteiger partial charge in [0.25, 0.3) is 0 Å². The highest BCUT2D eigenvalue weighted by atomic mass is 35.5. The maximum Gasteiger partial charge on any atom is 0.239 e. The number of nitrogens with zero attached hydrogens (tertiary/aromatic N) is 1. The number of Topliss-reactive ketones (excluding diaryl/α,β-unsaturated/α-hetero) is 1. The summed E-state index contributed by atoms with van der Waals surface area (Å²) in [7, 11) is 0. The first kappa shape index (κ1) is 19.7. The van der Waals surface area contributed by atoms with Gasteiger partial charge in [0.05, 0.1) is 33.0 Å². The van der Waals surface area contributed by atoms with Crippen LogP contribution in [-0.4, -0.2) is 17.6 Å². The minimum Gasteiger partial charge on any atom is -0.299 e. The summed E-state index contributed by atoms with van der Waals surface area (Å²) < 4.78 is 0. The largest absolute Gasteiger partial charge is 0.299 e. The number of benzene rings is 3. The van der Waals surface area contributed by atoms with Crippen LogP contribution in [-0.2, 0) is 19.8 Å². The molecule has 3 aromatic carbocycles. The summed E-state index contributed by atoms with van der Waals surface area (Å²) in [6, 6.07) is 20.3. The average molecular weight is 462 g/mol. The van der Waals surface area contributed by atoms with Crippen molar-refractivity contribution in [2.75, 3.05) is 4.90 Å². The molecule has 2 bridgehead atoms. The molecule has 1 heterocycles. The fraction of sp³-hybridized carbons (Fsp3) is 0.192. The fourth-order valence-electron chi connectivity index (χ4n) is 6.27. The Balaban J connectivity index is 1.68. The number of hydrogen-bond acceptors (Lipinski definition) is 3. The Morgan fingerprint density at radius 3 is 2.03 bits per heavy atom. The molecule has 4 nitrogen and oxygen atoms in total. The van der Waals surface area contributed by atoms with Gasteiger partial charge in [-0.2, -0.15) is 0 Å². The van der Waals surface area contributed by atoms with Crippen LogP contribution in [0.5, 0.6) is 0 Å². The lowest BCUT2D eigenvalue weighted by molar-refractivity contribution is -0.132. The van der Waals surface area contributed by atoms with Crippen LogP contribution in [0.25, 0.3) is 0 Å². The molecule has 0 aromatic heterocycles. The second kappa shape index (κ2) is 6.53. The van der Waals surface area contributed by atoms with Crippen LogP contribution in [0.2, 0.25) is 10.0 Å². The molecule has 32 heavy (non-hydrogen) atoms. The summed E-state index contributed by atoms with van der Waals surface area (Å²) in [6.45, 7) is 1.52. The highest BCUT2D eigenvalue weighted by Gasteiger charge is 2.70. The second-order valence-electron chi connectivity index (χ2n) is 8.60. The molecule has 4 aliphatic rings. The van der Waals surface area contributed by atoms with Crippen LogP contribution in [0, 0.1) is 11.8 Å². The molecule has 0 radical (unpaired) electrons. The summed E-state index contributed by atoms with van der Waals surface area (Å²) >= 11 is 12.6. The first-order valence-electron chi connectivity index (χ1n) is 10.4. The lowest BCUT2D eigenvalue weighted by Gasteiger charge is -2.52. The van der Waals surface area contributed by atoms with Crippen molar-refractivity contribution in [1.82, 2.24) is 0 Å². The maximum atomic E-state index is 14.0. The van der Waals surface area contributed by atoms with Gasteiger partial charge in [-0.15, -0.1) is 0 Å². The number of amides is 2. The summed E-state index contributed by atoms with van der Waals surface area (Å²) in [6.07, 6.45) is 0. The minimum absolute atomic E-state index is 0.147. The van der Waals surface area contributed by atoms with Gasteiger partial charge in [-0.25, -0.2) is 4.90 Å². The molecule has 1 saturated heterocycles. The molecule has 3 aliphatic carbocycles. The lowest BCUT2D eigenvalue weighted by Crippen LogP contribution is -2.57. The Bertz CT molecular complexity index is 1320. The predicted octanol–water partition coefficient (Wildman–Crippen LogP) is 5.13. The number of carbonyl (C=O) groups is 3. The van der Waals surface area contributed by atoms with Gasteiger partial charge >= 0.3 is 0 Å². The topological polar surface area (TPSA) is 54.5 Å². The van der Waals surface area contributed by atoms with Crippen LogP contribution in [0.3, 0.4) is 0 Å². The molecule has 0 spiro atoms. The van der Waals surface area contributed by atoms with Crippen molar-refractivity contribution in [3.05, 3.63) is 99.0 Å². The summed E-state index contributed by atoms with van der Waals surface area (Å²) in [5.41, 5.74) is 2.54. The number of ketones is 1. The van der Waals surface area contributed by atoms with Gasteiger partial charge in [0, 0.05) is 5.92 Å². The summed E-state index contributed by atoms with van der Waals surface area (Å²) in [5, 5.41) is 0.407. The molecule has 6 heteroatoms. The molecule has 1 fully saturated rings. The van der Waals surface area contributed by atoms with Crippen molar-refractivity contribution in [2.45, 2.75) is 18.3 Å². The first-order chi connectivity index (χ1) is 15.4. The number of rotatable bonds is 2. The number of anilines is 1. The monoisotopic (exact) mass is 461 g/mol. The van der Waals surface area contributed by atoms with Gasteiger partial charge in [0.2, 0.25) is 11.8 Å². The lowest BCUT2D eigenvalue weighted by atomic mass is 9.46. The molecule has 0 unspecified atom stereocenters. The fourth-order valence-corrected chi connectivity index (χ4v) is 6.65. The standard InChI is InChI=1S/C26H17Cl2NO3/c1-13(30)26-16-9-4-2-7-14(16)20(15-8-3-5-10-17(15)26)21-22(26)25(32)29(24(21)31)19-12-6-11-18(27)23(19)28/h2-12,20-22H,1H3/t20?,21-,22+,26?/m1/s1. The molecular formula is C26H17Cl2NO3. The van der Waals surface area contributed by atoms with Crippen LogP contribution in [0.15, 0.2) is 66.7 Å². The highest BCUT2D eigenvalue weighted by molar-refractivity contribution is 6.45. The van der Waals surface area contributed by atoms with E-state index in [9.17, 15) is 14.4 Å². The van der Waals surface area contributed by atoms with Crippen LogP contribution in [0.1, 0.15) is 35.1 Å². The average Bonchev–Trinajstić information content (AvgIpc) is 3.06. The number of imide groups is 1. The van der Waals surface area contributed by atoms with E-state index < -0.39 is 23.2 Å². The molecule has 7 rings (SSSR count). The zero-order chi connectivity index (χ0) is 22.4. The molecule has 3 aromatic rings. The van der Waals surface area contributed by atoms with Gasteiger partial charge in [0.15, 0.2) is 0 Å². The Labute approximate surface area is 194 Å². The van der Waals surface area contributed by atoms with Crippen molar-refractivity contribution >= 4 is 46.5 Å². The van der Waals surface area contributed by atoms with Crippen LogP contribution < -0.4 is 4.90 Å². The zero-order valence-corrected chi connectivity index (χ0v) is 18.5. The van der Waals surface area contributed by atoms with Crippen molar-refractivity contribution in [2.24, 2.45) is 11.8 Å². The van der Waals surface area contributed by atoms with Crippen molar-refractivity contribution in [3.63, 3.8) is 0 Å². The van der Waals surface area contributed by atoms with Gasteiger partial charge in [-0.05, 0) is 41.3 Å². The van der Waals surface area contributed by atoms with E-state index in [1.165, 1.54) is 6.92 Å². The van der Waals surface area contributed by atoms with E-state index in [1.54, 1.807) is 18.2 Å². The molecule has 2 amide bonds. The van der Waals surface area contributed by atoms with E-state index in [1.807, 2.05) is 48.5 Å². The quantitative estimate of drug-likeness (QED) is 0.496. The third-order valence-electron chi connectivity index (χ3n) is 7.35. The van der Waals surface area contributed by atoms with E-state index in [0.717, 1.165) is 27.2 Å².